The largest absolute Gasteiger partial charge is 0.355 e. The van der Waals surface area contributed by atoms with Gasteiger partial charge >= 0.3 is 0 Å². The topological polar surface area (TPSA) is 32.3 Å². The standard InChI is InChI=1S/C14H20N2O/c1-11(9-15-12(2)17)16-8-7-13-5-3-4-6-14(13)10-16/h3-6,11H,7-10H2,1-2H3,(H,15,17). The zero-order valence-corrected chi connectivity index (χ0v) is 10.6. The number of carbonyl (C=O) groups is 1. The van der Waals surface area contributed by atoms with Crippen molar-refractivity contribution in [3.8, 4) is 0 Å². The third kappa shape index (κ3) is 3.07. The molecule has 0 radical (unpaired) electrons. The molecule has 0 aliphatic carbocycles. The molecule has 1 amide bonds. The molecule has 1 heterocycles. The van der Waals surface area contributed by atoms with Crippen LogP contribution >= 0.6 is 0 Å². The highest BCUT2D eigenvalue weighted by Gasteiger charge is 2.20. The fourth-order valence-corrected chi connectivity index (χ4v) is 2.31. The number of amides is 1. The highest BCUT2D eigenvalue weighted by molar-refractivity contribution is 5.72. The lowest BCUT2D eigenvalue weighted by Gasteiger charge is -2.33. The molecule has 1 atom stereocenters. The Balaban J connectivity index is 1.95. The molecule has 0 aromatic heterocycles. The van der Waals surface area contributed by atoms with Crippen LogP contribution in [-0.2, 0) is 17.8 Å². The van der Waals surface area contributed by atoms with Gasteiger partial charge in [0, 0.05) is 32.6 Å². The molecule has 1 aromatic carbocycles. The second-order valence-corrected chi connectivity index (χ2v) is 4.78. The lowest BCUT2D eigenvalue weighted by molar-refractivity contribution is -0.119. The van der Waals surface area contributed by atoms with Crippen molar-refractivity contribution in [3.63, 3.8) is 0 Å². The highest BCUT2D eigenvalue weighted by Crippen LogP contribution is 2.19. The summed E-state index contributed by atoms with van der Waals surface area (Å²) < 4.78 is 0. The van der Waals surface area contributed by atoms with Crippen molar-refractivity contribution in [2.24, 2.45) is 0 Å². The van der Waals surface area contributed by atoms with E-state index in [0.29, 0.717) is 6.04 Å². The van der Waals surface area contributed by atoms with Gasteiger partial charge in [-0.3, -0.25) is 9.69 Å². The van der Waals surface area contributed by atoms with Gasteiger partial charge in [0.05, 0.1) is 0 Å². The number of rotatable bonds is 3. The second kappa shape index (κ2) is 5.32. The summed E-state index contributed by atoms with van der Waals surface area (Å²) in [4.78, 5) is 13.3. The zero-order valence-electron chi connectivity index (χ0n) is 10.6. The highest BCUT2D eigenvalue weighted by atomic mass is 16.1. The van der Waals surface area contributed by atoms with Crippen molar-refractivity contribution in [2.45, 2.75) is 32.9 Å². The van der Waals surface area contributed by atoms with E-state index in [1.54, 1.807) is 6.92 Å². The predicted molar refractivity (Wildman–Crippen MR) is 68.7 cm³/mol. The predicted octanol–water partition coefficient (Wildman–Crippen LogP) is 1.57. The Hall–Kier alpha value is -1.35. The van der Waals surface area contributed by atoms with Gasteiger partial charge in [0.2, 0.25) is 5.91 Å². The van der Waals surface area contributed by atoms with Crippen molar-refractivity contribution in [3.05, 3.63) is 35.4 Å². The van der Waals surface area contributed by atoms with E-state index < -0.39 is 0 Å². The summed E-state index contributed by atoms with van der Waals surface area (Å²) in [5.74, 6) is 0.0502. The van der Waals surface area contributed by atoms with Crippen LogP contribution in [0.4, 0.5) is 0 Å². The van der Waals surface area contributed by atoms with Crippen molar-refractivity contribution in [1.82, 2.24) is 10.2 Å². The van der Waals surface area contributed by atoms with Gasteiger partial charge < -0.3 is 5.32 Å². The third-order valence-electron chi connectivity index (χ3n) is 3.43. The van der Waals surface area contributed by atoms with Crippen molar-refractivity contribution in [1.29, 1.82) is 0 Å². The molecule has 1 aromatic rings. The summed E-state index contributed by atoms with van der Waals surface area (Å²) in [5.41, 5.74) is 2.89. The lowest BCUT2D eigenvalue weighted by Crippen LogP contribution is -2.43. The molecule has 0 spiro atoms. The van der Waals surface area contributed by atoms with Gasteiger partial charge in [0.1, 0.15) is 0 Å². The maximum absolute atomic E-state index is 10.9. The molecular formula is C14H20N2O. The number of carbonyl (C=O) groups excluding carboxylic acids is 1. The van der Waals surface area contributed by atoms with Crippen LogP contribution in [0.2, 0.25) is 0 Å². The van der Waals surface area contributed by atoms with Crippen LogP contribution in [0.25, 0.3) is 0 Å². The average Bonchev–Trinajstić information content (AvgIpc) is 2.35. The van der Waals surface area contributed by atoms with Crippen LogP contribution in [0.5, 0.6) is 0 Å². The lowest BCUT2D eigenvalue weighted by atomic mass is 9.99. The number of nitrogens with zero attached hydrogens (tertiary/aromatic N) is 1. The van der Waals surface area contributed by atoms with Crippen molar-refractivity contribution in [2.75, 3.05) is 13.1 Å². The zero-order chi connectivity index (χ0) is 12.3. The number of nitrogens with one attached hydrogen (secondary N) is 1. The molecule has 17 heavy (non-hydrogen) atoms. The van der Waals surface area contributed by atoms with E-state index in [2.05, 4.69) is 41.4 Å². The van der Waals surface area contributed by atoms with Crippen LogP contribution in [0.15, 0.2) is 24.3 Å². The first-order chi connectivity index (χ1) is 8.16. The quantitative estimate of drug-likeness (QED) is 0.858. The van der Waals surface area contributed by atoms with E-state index in [1.807, 2.05) is 0 Å². The average molecular weight is 232 g/mol. The molecule has 1 aliphatic heterocycles. The van der Waals surface area contributed by atoms with Crippen molar-refractivity contribution < 1.29 is 4.79 Å². The fourth-order valence-electron chi connectivity index (χ4n) is 2.31. The van der Waals surface area contributed by atoms with Gasteiger partial charge in [0.15, 0.2) is 0 Å². The van der Waals surface area contributed by atoms with Crippen LogP contribution in [0.3, 0.4) is 0 Å². The maximum Gasteiger partial charge on any atom is 0.216 e. The van der Waals surface area contributed by atoms with Crippen LogP contribution in [0, 0.1) is 0 Å². The Morgan fingerprint density at radius 1 is 1.41 bits per heavy atom. The van der Waals surface area contributed by atoms with E-state index in [0.717, 1.165) is 26.1 Å². The Morgan fingerprint density at radius 2 is 2.12 bits per heavy atom. The van der Waals surface area contributed by atoms with Gasteiger partial charge in [0.25, 0.3) is 0 Å². The van der Waals surface area contributed by atoms with E-state index in [4.69, 9.17) is 0 Å². The van der Waals surface area contributed by atoms with Crippen LogP contribution in [-0.4, -0.2) is 29.9 Å². The number of benzene rings is 1. The summed E-state index contributed by atoms with van der Waals surface area (Å²) in [6.07, 6.45) is 1.11. The Kier molecular flexibility index (Phi) is 3.79. The summed E-state index contributed by atoms with van der Waals surface area (Å²) in [7, 11) is 0. The summed E-state index contributed by atoms with van der Waals surface area (Å²) in [5, 5.41) is 2.89. The summed E-state index contributed by atoms with van der Waals surface area (Å²) >= 11 is 0. The third-order valence-corrected chi connectivity index (χ3v) is 3.43. The number of fused-ring (bicyclic) bond motifs is 1. The van der Waals surface area contributed by atoms with E-state index in [1.165, 1.54) is 11.1 Å². The van der Waals surface area contributed by atoms with Gasteiger partial charge in [-0.05, 0) is 24.5 Å². The first-order valence-corrected chi connectivity index (χ1v) is 6.22. The van der Waals surface area contributed by atoms with Gasteiger partial charge in [-0.25, -0.2) is 0 Å². The second-order valence-electron chi connectivity index (χ2n) is 4.78. The van der Waals surface area contributed by atoms with Gasteiger partial charge in [-0.2, -0.15) is 0 Å². The first kappa shape index (κ1) is 12.1. The summed E-state index contributed by atoms with van der Waals surface area (Å²) in [6, 6.07) is 9.01. The maximum atomic E-state index is 10.9. The molecule has 1 N–H and O–H groups in total. The van der Waals surface area contributed by atoms with Crippen LogP contribution in [0.1, 0.15) is 25.0 Å². The monoisotopic (exact) mass is 232 g/mol. The van der Waals surface area contributed by atoms with Gasteiger partial charge in [-0.1, -0.05) is 24.3 Å². The minimum atomic E-state index is 0.0502. The smallest absolute Gasteiger partial charge is 0.216 e. The fraction of sp³-hybridized carbons (Fsp3) is 0.500. The minimum absolute atomic E-state index is 0.0502. The molecule has 3 heteroatoms. The van der Waals surface area contributed by atoms with E-state index >= 15 is 0 Å². The molecule has 0 saturated carbocycles. The van der Waals surface area contributed by atoms with E-state index in [9.17, 15) is 4.79 Å². The van der Waals surface area contributed by atoms with E-state index in [-0.39, 0.29) is 5.91 Å². The summed E-state index contributed by atoms with van der Waals surface area (Å²) in [6.45, 7) is 6.55. The van der Waals surface area contributed by atoms with Gasteiger partial charge in [-0.15, -0.1) is 0 Å². The first-order valence-electron chi connectivity index (χ1n) is 6.22. The Morgan fingerprint density at radius 3 is 2.82 bits per heavy atom. The number of hydrogen-bond donors (Lipinski definition) is 1. The molecule has 3 nitrogen and oxygen atoms in total. The molecule has 1 aliphatic rings. The van der Waals surface area contributed by atoms with Crippen molar-refractivity contribution >= 4 is 5.91 Å². The normalized spacial score (nSPS) is 17.3. The number of hydrogen-bond acceptors (Lipinski definition) is 2. The van der Waals surface area contributed by atoms with Crippen LogP contribution < -0.4 is 5.32 Å². The molecule has 0 saturated heterocycles. The molecule has 1 unspecified atom stereocenters. The SMILES string of the molecule is CC(=O)NCC(C)N1CCc2ccccc2C1. The molecular weight excluding hydrogens is 212 g/mol. The molecule has 0 fully saturated rings. The Bertz CT molecular complexity index is 403. The molecule has 0 bridgehead atoms. The molecule has 92 valence electrons. The Labute approximate surface area is 103 Å². The molecule has 2 rings (SSSR count). The minimum Gasteiger partial charge on any atom is -0.355 e.